The third-order valence-electron chi connectivity index (χ3n) is 9.37. The number of rotatable bonds is 16. The Bertz CT molecular complexity index is 2700. The lowest BCUT2D eigenvalue weighted by atomic mass is 10.1. The van der Waals surface area contributed by atoms with Gasteiger partial charge in [-0.25, -0.2) is 29.6 Å². The number of aromatic nitrogens is 9. The Kier molecular flexibility index (Phi) is 12.8. The number of aryl methyl sites for hydroxylation is 4. The average Bonchev–Trinajstić information content (AvgIpc) is 3.99. The van der Waals surface area contributed by atoms with E-state index < -0.39 is 17.7 Å². The van der Waals surface area contributed by atoms with Gasteiger partial charge in [0.15, 0.2) is 11.7 Å². The lowest BCUT2D eigenvalue weighted by Gasteiger charge is -2.12. The van der Waals surface area contributed by atoms with Crippen LogP contribution in [0.2, 0.25) is 0 Å². The number of nitrogens with two attached hydrogens (primary N) is 2. The van der Waals surface area contributed by atoms with Gasteiger partial charge in [0.1, 0.15) is 34.1 Å². The number of allylic oxidation sites excluding steroid dienone is 2. The Morgan fingerprint density at radius 3 is 2.34 bits per heavy atom. The van der Waals surface area contributed by atoms with E-state index in [1.807, 2.05) is 70.5 Å². The predicted molar refractivity (Wildman–Crippen MR) is 224 cm³/mol. The molecule has 0 saturated heterocycles. The summed E-state index contributed by atoms with van der Waals surface area (Å²) >= 11 is 0. The number of ether oxygens (including phenoxy) is 1. The van der Waals surface area contributed by atoms with E-state index in [2.05, 4.69) is 30.7 Å². The van der Waals surface area contributed by atoms with Gasteiger partial charge in [0.25, 0.3) is 5.91 Å². The van der Waals surface area contributed by atoms with Gasteiger partial charge in [0.05, 0.1) is 23.4 Å². The Labute approximate surface area is 340 Å². The first kappa shape index (κ1) is 41.7. The van der Waals surface area contributed by atoms with Crippen molar-refractivity contribution in [2.75, 3.05) is 25.5 Å². The van der Waals surface area contributed by atoms with E-state index in [0.29, 0.717) is 101 Å². The van der Waals surface area contributed by atoms with Crippen LogP contribution in [-0.4, -0.2) is 81.8 Å². The van der Waals surface area contributed by atoms with Crippen LogP contribution in [0.25, 0.3) is 44.6 Å². The molecule has 0 bridgehead atoms. The Balaban J connectivity index is 0.00000288. The molecule has 0 unspecified atom stereocenters. The standard InChI is InChI=1S/C39H43N13O5.C2H6/c1-6-27-32(57-22(4)45-27)38(55)48-39-47-29-18-23(33(40)53)19-30(56-16-10-13-42-5)31(29)50(39)14-8-9-15-51-35-26(17-24(20-43-35)34(41)54)25-11-12-28(46-36(25)51)37-44-21(3)49-52(37)7-2;1-2/h8-9,11-12,17-20,42H,6-7,10,13-16H2,1-5H3,(H2,40,53)(H2,41,54)(H,47,48,55);1-2H3/b9-8+;. The normalized spacial score (nSPS) is 11.4. The summed E-state index contributed by atoms with van der Waals surface area (Å²) in [5, 5.41) is 12.0. The van der Waals surface area contributed by atoms with Crippen molar-refractivity contribution in [3.05, 3.63) is 83.0 Å². The Morgan fingerprint density at radius 2 is 1.64 bits per heavy atom. The number of anilines is 1. The monoisotopic (exact) mass is 803 g/mol. The summed E-state index contributed by atoms with van der Waals surface area (Å²) in [5.74, 6) is 0.527. The summed E-state index contributed by atoms with van der Waals surface area (Å²) in [6, 6.07) is 8.68. The van der Waals surface area contributed by atoms with Gasteiger partial charge < -0.3 is 35.1 Å². The number of benzene rings is 1. The second-order valence-electron chi connectivity index (χ2n) is 13.3. The van der Waals surface area contributed by atoms with Crippen LogP contribution in [0.15, 0.2) is 53.1 Å². The molecule has 3 amide bonds. The first-order valence-corrected chi connectivity index (χ1v) is 19.6. The molecule has 18 heteroatoms. The molecule has 0 fully saturated rings. The van der Waals surface area contributed by atoms with Crippen molar-refractivity contribution < 1.29 is 23.5 Å². The van der Waals surface area contributed by atoms with E-state index in [0.717, 1.165) is 5.39 Å². The van der Waals surface area contributed by atoms with Gasteiger partial charge in [-0.05, 0) is 70.6 Å². The topological polar surface area (TPSA) is 242 Å². The van der Waals surface area contributed by atoms with E-state index >= 15 is 0 Å². The first-order valence-electron chi connectivity index (χ1n) is 19.6. The molecule has 0 spiro atoms. The maximum absolute atomic E-state index is 13.6. The molecule has 7 rings (SSSR count). The van der Waals surface area contributed by atoms with E-state index in [1.54, 1.807) is 34.4 Å². The van der Waals surface area contributed by atoms with E-state index in [9.17, 15) is 14.4 Å². The molecule has 6 heterocycles. The number of nitrogens with one attached hydrogen (secondary N) is 2. The maximum Gasteiger partial charge on any atom is 0.295 e. The SMILES string of the molecule is CC.CCc1nc(C)oc1C(=O)Nc1nc2cc(C(N)=O)cc(OCCCNC)c2n1C/C=C/Cn1c2ncc(C(N)=O)cc2c2ccc(-c3nc(C)nn3CC)nc21. The largest absolute Gasteiger partial charge is 0.491 e. The maximum atomic E-state index is 13.6. The highest BCUT2D eigenvalue weighted by Gasteiger charge is 2.24. The number of carbonyl (C=O) groups is 3. The smallest absolute Gasteiger partial charge is 0.295 e. The summed E-state index contributed by atoms with van der Waals surface area (Å²) in [7, 11) is 1.85. The lowest BCUT2D eigenvalue weighted by molar-refractivity contribution is 0.0987. The molecule has 0 aliphatic carbocycles. The molecular formula is C41H49N13O5. The Morgan fingerprint density at radius 1 is 0.898 bits per heavy atom. The molecule has 0 aliphatic rings. The number of amides is 3. The van der Waals surface area contributed by atoms with Gasteiger partial charge in [-0.15, -0.1) is 0 Å². The number of carbonyl (C=O) groups excluding carboxylic acids is 3. The third-order valence-corrected chi connectivity index (χ3v) is 9.37. The summed E-state index contributed by atoms with van der Waals surface area (Å²) in [4.78, 5) is 61.5. The second-order valence-corrected chi connectivity index (χ2v) is 13.3. The van der Waals surface area contributed by atoms with Crippen LogP contribution >= 0.6 is 0 Å². The molecule has 0 aliphatic heterocycles. The predicted octanol–water partition coefficient (Wildman–Crippen LogP) is 5.10. The van der Waals surface area contributed by atoms with Crippen LogP contribution in [-0.2, 0) is 26.1 Å². The summed E-state index contributed by atoms with van der Waals surface area (Å²) in [6.45, 7) is 13.6. The highest BCUT2D eigenvalue weighted by Crippen LogP contribution is 2.33. The van der Waals surface area contributed by atoms with Crippen LogP contribution in [0.5, 0.6) is 5.75 Å². The van der Waals surface area contributed by atoms with Crippen molar-refractivity contribution >= 4 is 56.8 Å². The molecule has 59 heavy (non-hydrogen) atoms. The van der Waals surface area contributed by atoms with Gasteiger partial charge in [-0.1, -0.05) is 32.9 Å². The summed E-state index contributed by atoms with van der Waals surface area (Å²) < 4.78 is 17.4. The Hall–Kier alpha value is -6.95. The minimum Gasteiger partial charge on any atom is -0.491 e. The quantitative estimate of drug-likeness (QED) is 0.0737. The number of imidazole rings is 1. The van der Waals surface area contributed by atoms with Crippen LogP contribution in [0.3, 0.4) is 0 Å². The highest BCUT2D eigenvalue weighted by atomic mass is 16.5. The van der Waals surface area contributed by atoms with Gasteiger partial charge in [0.2, 0.25) is 23.5 Å². The minimum absolute atomic E-state index is 0.0862. The molecule has 6 aromatic heterocycles. The van der Waals surface area contributed by atoms with E-state index in [4.69, 9.17) is 30.6 Å². The number of primary amides is 2. The van der Waals surface area contributed by atoms with Crippen molar-refractivity contribution in [1.82, 2.24) is 49.2 Å². The van der Waals surface area contributed by atoms with Crippen LogP contribution in [0, 0.1) is 13.8 Å². The van der Waals surface area contributed by atoms with Crippen molar-refractivity contribution in [3.63, 3.8) is 0 Å². The van der Waals surface area contributed by atoms with E-state index in [-0.39, 0.29) is 29.4 Å². The van der Waals surface area contributed by atoms with Gasteiger partial charge in [-0.3, -0.25) is 19.7 Å². The first-order chi connectivity index (χ1) is 28.5. The number of hydrogen-bond acceptors (Lipinski definition) is 12. The molecule has 308 valence electrons. The molecule has 0 radical (unpaired) electrons. The van der Waals surface area contributed by atoms with Crippen molar-refractivity contribution in [2.24, 2.45) is 11.5 Å². The van der Waals surface area contributed by atoms with Crippen molar-refractivity contribution in [2.45, 2.75) is 74.0 Å². The van der Waals surface area contributed by atoms with Gasteiger partial charge in [0, 0.05) is 49.1 Å². The zero-order chi connectivity index (χ0) is 42.4. The number of nitrogens with zero attached hydrogens (tertiary/aromatic N) is 9. The zero-order valence-corrected chi connectivity index (χ0v) is 34.3. The second kappa shape index (κ2) is 18.1. The van der Waals surface area contributed by atoms with E-state index in [1.165, 1.54) is 6.20 Å². The summed E-state index contributed by atoms with van der Waals surface area (Å²) in [6.07, 6.45) is 6.49. The molecule has 1 aromatic carbocycles. The van der Waals surface area contributed by atoms with Crippen molar-refractivity contribution in [1.29, 1.82) is 0 Å². The fraction of sp³-hybridized carbons (Fsp3) is 0.341. The fourth-order valence-electron chi connectivity index (χ4n) is 6.73. The molecule has 18 nitrogen and oxygen atoms in total. The summed E-state index contributed by atoms with van der Waals surface area (Å²) in [5.41, 5.74) is 15.1. The van der Waals surface area contributed by atoms with Gasteiger partial charge in [-0.2, -0.15) is 5.10 Å². The molecule has 7 aromatic rings. The number of hydrogen-bond donors (Lipinski definition) is 4. The van der Waals surface area contributed by atoms with Crippen molar-refractivity contribution in [3.8, 4) is 17.3 Å². The van der Waals surface area contributed by atoms with Crippen LogP contribution < -0.4 is 26.8 Å². The number of fused-ring (bicyclic) bond motifs is 4. The molecule has 6 N–H and O–H groups in total. The van der Waals surface area contributed by atoms with Gasteiger partial charge >= 0.3 is 0 Å². The average molecular weight is 804 g/mol. The number of oxazole rings is 1. The number of pyridine rings is 2. The zero-order valence-electron chi connectivity index (χ0n) is 34.3. The van der Waals surface area contributed by atoms with Crippen LogP contribution in [0.4, 0.5) is 5.95 Å². The van der Waals surface area contributed by atoms with Crippen LogP contribution in [0.1, 0.15) is 82.8 Å². The molecule has 0 atom stereocenters. The fourth-order valence-corrected chi connectivity index (χ4v) is 6.73. The minimum atomic E-state index is -0.647. The molecule has 0 saturated carbocycles. The lowest BCUT2D eigenvalue weighted by Crippen LogP contribution is -2.17. The molecular weight excluding hydrogens is 755 g/mol. The third kappa shape index (κ3) is 8.52. The highest BCUT2D eigenvalue weighted by molar-refractivity contribution is 6.08.